The van der Waals surface area contributed by atoms with E-state index >= 15 is 0 Å². The molecule has 1 aliphatic heterocycles. The third-order valence-corrected chi connectivity index (χ3v) is 6.41. The van der Waals surface area contributed by atoms with E-state index in [0.29, 0.717) is 6.29 Å². The number of nitrogens with zero attached hydrogens (tertiary/aromatic N) is 1. The number of benzene rings is 2. The van der Waals surface area contributed by atoms with Crippen molar-refractivity contribution in [2.24, 2.45) is 0 Å². The van der Waals surface area contributed by atoms with Crippen LogP contribution in [0.3, 0.4) is 0 Å². The minimum atomic E-state index is -3.99. The van der Waals surface area contributed by atoms with Crippen LogP contribution in [0, 0.1) is 0 Å². The van der Waals surface area contributed by atoms with Crippen LogP contribution in [-0.2, 0) is 15.6 Å². The highest BCUT2D eigenvalue weighted by Crippen LogP contribution is 2.46. The number of fused-ring (bicyclic) bond motifs is 1. The summed E-state index contributed by atoms with van der Waals surface area (Å²) in [6, 6.07) is 13.6. The number of hydrogen-bond donors (Lipinski definition) is 1. The molecule has 0 amide bonds. The molecule has 0 aromatic heterocycles. The molecule has 23 heavy (non-hydrogen) atoms. The van der Waals surface area contributed by atoms with E-state index in [1.165, 1.54) is 12.1 Å². The Labute approximate surface area is 135 Å². The maximum Gasteiger partial charge on any atom is 0.247 e. The van der Waals surface area contributed by atoms with Crippen molar-refractivity contribution < 1.29 is 18.3 Å². The number of sulfonamides is 1. The fourth-order valence-corrected chi connectivity index (χ4v) is 5.27. The van der Waals surface area contributed by atoms with Gasteiger partial charge in [-0.25, -0.2) is 8.42 Å². The Bertz CT molecular complexity index is 859. The zero-order valence-electron chi connectivity index (χ0n) is 12.8. The first kappa shape index (κ1) is 15.9. The molecule has 1 aliphatic rings. The van der Waals surface area contributed by atoms with Gasteiger partial charge in [0.1, 0.15) is 11.1 Å². The van der Waals surface area contributed by atoms with E-state index < -0.39 is 21.8 Å². The molecule has 0 aliphatic carbocycles. The Kier molecular flexibility index (Phi) is 3.63. The summed E-state index contributed by atoms with van der Waals surface area (Å²) in [6.07, 6.45) is -0.827. The molecular weight excluding hydrogens is 314 g/mol. The monoisotopic (exact) mass is 331 g/mol. The van der Waals surface area contributed by atoms with Gasteiger partial charge >= 0.3 is 0 Å². The van der Waals surface area contributed by atoms with Gasteiger partial charge in [0.2, 0.25) is 10.0 Å². The zero-order valence-corrected chi connectivity index (χ0v) is 13.6. The van der Waals surface area contributed by atoms with Crippen molar-refractivity contribution in [2.75, 3.05) is 0 Å². The van der Waals surface area contributed by atoms with E-state index in [4.69, 9.17) is 0 Å². The molecule has 5 nitrogen and oxygen atoms in total. The second-order valence-corrected chi connectivity index (χ2v) is 7.73. The second kappa shape index (κ2) is 5.26. The van der Waals surface area contributed by atoms with Crippen LogP contribution in [0.2, 0.25) is 0 Å². The lowest BCUT2D eigenvalue weighted by atomic mass is 9.93. The maximum atomic E-state index is 13.0. The third-order valence-electron chi connectivity index (χ3n) is 4.25. The van der Waals surface area contributed by atoms with E-state index in [1.807, 2.05) is 30.3 Å². The molecule has 0 radical (unpaired) electrons. The number of carbonyl (C=O) groups is 1. The predicted molar refractivity (Wildman–Crippen MR) is 85.3 cm³/mol. The van der Waals surface area contributed by atoms with Gasteiger partial charge in [0.25, 0.3) is 0 Å². The van der Waals surface area contributed by atoms with Gasteiger partial charge in [-0.1, -0.05) is 48.5 Å². The lowest BCUT2D eigenvalue weighted by Gasteiger charge is -2.36. The Hall–Kier alpha value is -2.02. The van der Waals surface area contributed by atoms with Crippen LogP contribution in [0.4, 0.5) is 0 Å². The summed E-state index contributed by atoms with van der Waals surface area (Å²) >= 11 is 0. The summed E-state index contributed by atoms with van der Waals surface area (Å²) in [7, 11) is -3.99. The molecule has 0 fully saturated rings. The van der Waals surface area contributed by atoms with Gasteiger partial charge < -0.3 is 5.11 Å². The highest BCUT2D eigenvalue weighted by Gasteiger charge is 2.50. The molecule has 6 heteroatoms. The fourth-order valence-electron chi connectivity index (χ4n) is 3.10. The van der Waals surface area contributed by atoms with Crippen LogP contribution in [0.25, 0.3) is 0 Å². The number of aliphatic hydroxyl groups excluding tert-OH is 1. The Balaban J connectivity index is 2.22. The maximum absolute atomic E-state index is 13.0. The smallest absolute Gasteiger partial charge is 0.247 e. The first-order valence-corrected chi connectivity index (χ1v) is 8.62. The van der Waals surface area contributed by atoms with Gasteiger partial charge in [-0.2, -0.15) is 4.31 Å². The van der Waals surface area contributed by atoms with E-state index in [9.17, 15) is 18.3 Å². The fraction of sp³-hybridized carbons (Fsp3) is 0.235. The number of rotatable bonds is 3. The minimum Gasteiger partial charge on any atom is -0.373 e. The summed E-state index contributed by atoms with van der Waals surface area (Å²) in [6.45, 7) is 3.46. The summed E-state index contributed by atoms with van der Waals surface area (Å²) < 4.78 is 27.1. The zero-order chi connectivity index (χ0) is 16.8. The van der Waals surface area contributed by atoms with Crippen molar-refractivity contribution in [3.63, 3.8) is 0 Å². The molecule has 0 bridgehead atoms. The lowest BCUT2D eigenvalue weighted by molar-refractivity contribution is 0.0121. The van der Waals surface area contributed by atoms with Gasteiger partial charge in [-0.15, -0.1) is 0 Å². The average molecular weight is 331 g/mol. The molecule has 3 rings (SSSR count). The van der Waals surface area contributed by atoms with Crippen molar-refractivity contribution in [3.05, 3.63) is 65.2 Å². The SMILES string of the molecule is CC(C)(c1ccccc1)N1C(O)c2cccc(C=O)c2S1(=O)=O. The average Bonchev–Trinajstić information content (AvgIpc) is 2.75. The van der Waals surface area contributed by atoms with Crippen molar-refractivity contribution >= 4 is 16.3 Å². The van der Waals surface area contributed by atoms with Gasteiger partial charge in [0.15, 0.2) is 6.29 Å². The summed E-state index contributed by atoms with van der Waals surface area (Å²) in [5, 5.41) is 10.6. The molecule has 2 aromatic rings. The Morgan fingerprint density at radius 1 is 1.09 bits per heavy atom. The van der Waals surface area contributed by atoms with Crippen LogP contribution < -0.4 is 0 Å². The van der Waals surface area contributed by atoms with E-state index in [-0.39, 0.29) is 16.0 Å². The van der Waals surface area contributed by atoms with Crippen molar-refractivity contribution in [2.45, 2.75) is 30.5 Å². The quantitative estimate of drug-likeness (QED) is 0.877. The Morgan fingerprint density at radius 3 is 2.35 bits per heavy atom. The first-order valence-electron chi connectivity index (χ1n) is 7.18. The molecule has 0 saturated heterocycles. The molecule has 1 N–H and O–H groups in total. The molecular formula is C17H17NO4S. The van der Waals surface area contributed by atoms with Crippen LogP contribution in [0.15, 0.2) is 53.4 Å². The summed E-state index contributed by atoms with van der Waals surface area (Å²) in [5.41, 5.74) is 0.0770. The van der Waals surface area contributed by atoms with Crippen molar-refractivity contribution in [3.8, 4) is 0 Å². The molecule has 1 unspecified atom stereocenters. The number of carbonyl (C=O) groups excluding carboxylic acids is 1. The van der Waals surface area contributed by atoms with Crippen LogP contribution in [0.5, 0.6) is 0 Å². The highest BCUT2D eigenvalue weighted by molar-refractivity contribution is 7.89. The largest absolute Gasteiger partial charge is 0.373 e. The number of aldehydes is 1. The van der Waals surface area contributed by atoms with Gasteiger partial charge in [0, 0.05) is 11.1 Å². The third kappa shape index (κ3) is 2.22. The van der Waals surface area contributed by atoms with Crippen LogP contribution >= 0.6 is 0 Å². The van der Waals surface area contributed by atoms with Gasteiger partial charge in [0.05, 0.1) is 5.54 Å². The highest BCUT2D eigenvalue weighted by atomic mass is 32.2. The number of aliphatic hydroxyl groups is 1. The molecule has 0 saturated carbocycles. The molecule has 0 spiro atoms. The Morgan fingerprint density at radius 2 is 1.74 bits per heavy atom. The van der Waals surface area contributed by atoms with Gasteiger partial charge in [-0.05, 0) is 19.4 Å². The van der Waals surface area contributed by atoms with E-state index in [1.54, 1.807) is 19.9 Å². The van der Waals surface area contributed by atoms with E-state index in [2.05, 4.69) is 0 Å². The molecule has 1 heterocycles. The van der Waals surface area contributed by atoms with Crippen molar-refractivity contribution in [1.29, 1.82) is 0 Å². The molecule has 120 valence electrons. The van der Waals surface area contributed by atoms with Crippen LogP contribution in [-0.4, -0.2) is 24.1 Å². The molecule has 1 atom stereocenters. The summed E-state index contributed by atoms with van der Waals surface area (Å²) in [4.78, 5) is 11.1. The normalized spacial score (nSPS) is 20.2. The topological polar surface area (TPSA) is 74.7 Å². The first-order chi connectivity index (χ1) is 10.8. The van der Waals surface area contributed by atoms with Gasteiger partial charge in [-0.3, -0.25) is 4.79 Å². The lowest BCUT2D eigenvalue weighted by Crippen LogP contribution is -2.44. The summed E-state index contributed by atoms with van der Waals surface area (Å²) in [5.74, 6) is 0. The standard InChI is InChI=1S/C17H17NO4S/c1-17(2,13-8-4-3-5-9-13)18-16(20)14-10-6-7-12(11-19)15(14)23(18,21)22/h3-11,16,20H,1-2H3. The molecule has 2 aromatic carbocycles. The van der Waals surface area contributed by atoms with Crippen molar-refractivity contribution in [1.82, 2.24) is 4.31 Å². The minimum absolute atomic E-state index is 0.0629. The van der Waals surface area contributed by atoms with Crippen LogP contribution in [0.1, 0.15) is 41.6 Å². The van der Waals surface area contributed by atoms with E-state index in [0.717, 1.165) is 9.87 Å². The number of hydrogen-bond acceptors (Lipinski definition) is 4. The second-order valence-electron chi connectivity index (χ2n) is 5.98. The predicted octanol–water partition coefficient (Wildman–Crippen LogP) is 2.43.